The summed E-state index contributed by atoms with van der Waals surface area (Å²) in [4.78, 5) is 15.3. The zero-order chi connectivity index (χ0) is 12.8. The molecule has 0 saturated carbocycles. The van der Waals surface area contributed by atoms with Crippen LogP contribution in [0.1, 0.15) is 51.8 Å². The highest BCUT2D eigenvalue weighted by Crippen LogP contribution is 2.18. The van der Waals surface area contributed by atoms with Crippen molar-refractivity contribution in [1.82, 2.24) is 9.55 Å². The first-order valence-corrected chi connectivity index (χ1v) is 6.29. The number of imidazole rings is 1. The molecule has 0 spiro atoms. The molecule has 0 radical (unpaired) electrons. The first-order valence-electron chi connectivity index (χ1n) is 6.29. The van der Waals surface area contributed by atoms with Crippen molar-refractivity contribution in [2.45, 2.75) is 52.5 Å². The number of aliphatic carboxylic acids is 1. The minimum atomic E-state index is -0.699. The van der Waals surface area contributed by atoms with Crippen molar-refractivity contribution in [3.63, 3.8) is 0 Å². The number of carbonyl (C=O) groups is 1. The summed E-state index contributed by atoms with van der Waals surface area (Å²) in [5.41, 5.74) is 1.02. The standard InChI is InChI=1S/C13H22N2O2.2ClH/c1-4-5-6-11(13(16)17)7-12-8-14-9-15(12)10(2)3;;/h8-11H,4-7H2,1-3H3,(H,16,17);2*1H. The van der Waals surface area contributed by atoms with E-state index in [9.17, 15) is 9.90 Å². The molecule has 4 nitrogen and oxygen atoms in total. The van der Waals surface area contributed by atoms with Crippen molar-refractivity contribution in [2.75, 3.05) is 0 Å². The van der Waals surface area contributed by atoms with Gasteiger partial charge in [-0.25, -0.2) is 4.98 Å². The summed E-state index contributed by atoms with van der Waals surface area (Å²) in [5, 5.41) is 9.20. The number of carboxylic acids is 1. The molecular weight excluding hydrogens is 287 g/mol. The molecule has 1 heterocycles. The topological polar surface area (TPSA) is 55.1 Å². The number of hydrogen-bond acceptors (Lipinski definition) is 2. The van der Waals surface area contributed by atoms with Crippen LogP contribution in [0.25, 0.3) is 0 Å². The summed E-state index contributed by atoms with van der Waals surface area (Å²) in [7, 11) is 0. The summed E-state index contributed by atoms with van der Waals surface area (Å²) < 4.78 is 2.04. The second-order valence-corrected chi connectivity index (χ2v) is 4.77. The van der Waals surface area contributed by atoms with E-state index in [4.69, 9.17) is 0 Å². The lowest BCUT2D eigenvalue weighted by Gasteiger charge is -2.15. The zero-order valence-electron chi connectivity index (χ0n) is 11.7. The van der Waals surface area contributed by atoms with E-state index in [1.165, 1.54) is 0 Å². The smallest absolute Gasteiger partial charge is 0.306 e. The van der Waals surface area contributed by atoms with Crippen molar-refractivity contribution >= 4 is 30.8 Å². The van der Waals surface area contributed by atoms with Gasteiger partial charge in [0.05, 0.1) is 12.2 Å². The number of nitrogens with zero attached hydrogens (tertiary/aromatic N) is 2. The highest BCUT2D eigenvalue weighted by Gasteiger charge is 2.19. The Morgan fingerprint density at radius 3 is 2.53 bits per heavy atom. The Morgan fingerprint density at radius 1 is 1.42 bits per heavy atom. The van der Waals surface area contributed by atoms with Crippen LogP contribution in [0.5, 0.6) is 0 Å². The summed E-state index contributed by atoms with van der Waals surface area (Å²) in [6.45, 7) is 6.23. The lowest BCUT2D eigenvalue weighted by Crippen LogP contribution is -2.18. The number of carboxylic acid groups (broad SMARTS) is 1. The highest BCUT2D eigenvalue weighted by molar-refractivity contribution is 5.85. The second-order valence-electron chi connectivity index (χ2n) is 4.77. The van der Waals surface area contributed by atoms with Gasteiger partial charge in [0.1, 0.15) is 0 Å². The fourth-order valence-electron chi connectivity index (χ4n) is 1.97. The molecule has 0 bridgehead atoms. The van der Waals surface area contributed by atoms with Crippen LogP contribution >= 0.6 is 24.8 Å². The maximum atomic E-state index is 11.2. The van der Waals surface area contributed by atoms with Gasteiger partial charge in [0.25, 0.3) is 0 Å². The molecule has 1 unspecified atom stereocenters. The quantitative estimate of drug-likeness (QED) is 0.834. The molecule has 0 aliphatic heterocycles. The first-order chi connectivity index (χ1) is 8.06. The Kier molecular flexibility index (Phi) is 10.9. The maximum Gasteiger partial charge on any atom is 0.306 e. The SMILES string of the molecule is CCCCC(Cc1cncn1C(C)C)C(=O)O.Cl.Cl. The average molecular weight is 311 g/mol. The van der Waals surface area contributed by atoms with E-state index in [0.29, 0.717) is 12.5 Å². The molecule has 112 valence electrons. The molecule has 0 aromatic carbocycles. The van der Waals surface area contributed by atoms with Crippen molar-refractivity contribution in [3.8, 4) is 0 Å². The van der Waals surface area contributed by atoms with Crippen LogP contribution in [-0.2, 0) is 11.2 Å². The first kappa shape index (κ1) is 20.6. The molecule has 1 rings (SSSR count). The van der Waals surface area contributed by atoms with E-state index >= 15 is 0 Å². The average Bonchev–Trinajstić information content (AvgIpc) is 2.71. The van der Waals surface area contributed by atoms with Gasteiger partial charge in [-0.1, -0.05) is 19.8 Å². The number of hydrogen-bond donors (Lipinski definition) is 1. The molecule has 1 N–H and O–H groups in total. The molecule has 0 saturated heterocycles. The summed E-state index contributed by atoms with van der Waals surface area (Å²) >= 11 is 0. The normalized spacial score (nSPS) is 11.6. The minimum absolute atomic E-state index is 0. The van der Waals surface area contributed by atoms with E-state index < -0.39 is 5.97 Å². The lowest BCUT2D eigenvalue weighted by molar-refractivity contribution is -0.142. The molecule has 1 aromatic heterocycles. The Morgan fingerprint density at radius 2 is 2.05 bits per heavy atom. The van der Waals surface area contributed by atoms with Gasteiger partial charge in [-0.15, -0.1) is 24.8 Å². The van der Waals surface area contributed by atoms with E-state index in [1.807, 2.05) is 4.57 Å². The van der Waals surface area contributed by atoms with Gasteiger partial charge in [-0.05, 0) is 20.3 Å². The largest absolute Gasteiger partial charge is 0.481 e. The predicted octanol–water partition coefficient (Wildman–Crippen LogP) is 3.74. The van der Waals surface area contributed by atoms with Crippen molar-refractivity contribution < 1.29 is 9.90 Å². The monoisotopic (exact) mass is 310 g/mol. The molecule has 6 heteroatoms. The van der Waals surface area contributed by atoms with Crippen LogP contribution in [0, 0.1) is 5.92 Å². The van der Waals surface area contributed by atoms with Crippen LogP contribution in [0.2, 0.25) is 0 Å². The van der Waals surface area contributed by atoms with Crippen molar-refractivity contribution in [1.29, 1.82) is 0 Å². The zero-order valence-corrected chi connectivity index (χ0v) is 13.3. The lowest BCUT2D eigenvalue weighted by atomic mass is 9.97. The van der Waals surface area contributed by atoms with Gasteiger partial charge < -0.3 is 9.67 Å². The summed E-state index contributed by atoms with van der Waals surface area (Å²) in [5.74, 6) is -0.987. The fraction of sp³-hybridized carbons (Fsp3) is 0.692. The molecule has 0 amide bonds. The fourth-order valence-corrected chi connectivity index (χ4v) is 1.97. The molecule has 19 heavy (non-hydrogen) atoms. The predicted molar refractivity (Wildman–Crippen MR) is 81.5 cm³/mol. The third-order valence-corrected chi connectivity index (χ3v) is 3.01. The maximum absolute atomic E-state index is 11.2. The van der Waals surface area contributed by atoms with Crippen LogP contribution in [-0.4, -0.2) is 20.6 Å². The number of aromatic nitrogens is 2. The summed E-state index contributed by atoms with van der Waals surface area (Å²) in [6.07, 6.45) is 6.88. The van der Waals surface area contributed by atoms with Gasteiger partial charge >= 0.3 is 5.97 Å². The van der Waals surface area contributed by atoms with Crippen LogP contribution in [0.15, 0.2) is 12.5 Å². The number of rotatable bonds is 7. The minimum Gasteiger partial charge on any atom is -0.481 e. The number of halogens is 2. The molecule has 1 atom stereocenters. The molecule has 0 aliphatic rings. The number of unbranched alkanes of at least 4 members (excludes halogenated alkanes) is 1. The molecule has 0 aliphatic carbocycles. The Bertz CT molecular complexity index is 367. The van der Waals surface area contributed by atoms with E-state index in [1.54, 1.807) is 12.5 Å². The van der Waals surface area contributed by atoms with Crippen LogP contribution < -0.4 is 0 Å². The van der Waals surface area contributed by atoms with Gasteiger partial charge in [-0.3, -0.25) is 4.79 Å². The van der Waals surface area contributed by atoms with Gasteiger partial charge in [0, 0.05) is 24.4 Å². The van der Waals surface area contributed by atoms with Crippen LogP contribution in [0.4, 0.5) is 0 Å². The highest BCUT2D eigenvalue weighted by atomic mass is 35.5. The van der Waals surface area contributed by atoms with Crippen molar-refractivity contribution in [3.05, 3.63) is 18.2 Å². The molecule has 1 aromatic rings. The molecular formula is C13H24Cl2N2O2. The van der Waals surface area contributed by atoms with E-state index in [2.05, 4.69) is 25.8 Å². The second kappa shape index (κ2) is 10.1. The van der Waals surface area contributed by atoms with Crippen LogP contribution in [0.3, 0.4) is 0 Å². The van der Waals surface area contributed by atoms with Gasteiger partial charge in [0.15, 0.2) is 0 Å². The Labute approximate surface area is 127 Å². The van der Waals surface area contributed by atoms with Gasteiger partial charge in [-0.2, -0.15) is 0 Å². The Balaban J connectivity index is 0. The molecule has 0 fully saturated rings. The summed E-state index contributed by atoms with van der Waals surface area (Å²) in [6, 6.07) is 0.327. The Hall–Kier alpha value is -0.740. The van der Waals surface area contributed by atoms with E-state index in [0.717, 1.165) is 25.0 Å². The third kappa shape index (κ3) is 6.30. The van der Waals surface area contributed by atoms with Crippen molar-refractivity contribution in [2.24, 2.45) is 5.92 Å². The van der Waals surface area contributed by atoms with E-state index in [-0.39, 0.29) is 30.7 Å². The van der Waals surface area contributed by atoms with Gasteiger partial charge in [0.2, 0.25) is 0 Å². The third-order valence-electron chi connectivity index (χ3n) is 3.01.